The average molecular weight is 383 g/mol. The lowest BCUT2D eigenvalue weighted by atomic mass is 9.85. The Bertz CT molecular complexity index is 961. The van der Waals surface area contributed by atoms with E-state index in [0.29, 0.717) is 16.6 Å². The molecule has 0 spiro atoms. The minimum absolute atomic E-state index is 0.141. The number of aryl methyl sites for hydroxylation is 1. The molecule has 7 nitrogen and oxygen atoms in total. The molecule has 1 aliphatic heterocycles. The first-order chi connectivity index (χ1) is 13.0. The molecule has 4 atom stereocenters. The number of aromatic nitrogens is 1. The molecule has 1 N–H and O–H groups in total. The van der Waals surface area contributed by atoms with Crippen molar-refractivity contribution in [2.75, 3.05) is 11.9 Å². The molecular weight excluding hydrogens is 366 g/mol. The highest BCUT2D eigenvalue weighted by Gasteiger charge is 2.59. The van der Waals surface area contributed by atoms with Crippen LogP contribution >= 0.6 is 11.3 Å². The Labute approximate surface area is 159 Å². The second kappa shape index (κ2) is 5.88. The monoisotopic (exact) mass is 383 g/mol. The Hall–Kier alpha value is -2.74. The molecule has 4 unspecified atom stereocenters. The van der Waals surface area contributed by atoms with Crippen molar-refractivity contribution in [2.45, 2.75) is 13.3 Å². The van der Waals surface area contributed by atoms with Gasteiger partial charge in [-0.3, -0.25) is 19.3 Å². The number of rotatable bonds is 4. The normalized spacial score (nSPS) is 28.3. The lowest BCUT2D eigenvalue weighted by molar-refractivity contribution is -0.143. The summed E-state index contributed by atoms with van der Waals surface area (Å²) in [6, 6.07) is 3.66. The van der Waals surface area contributed by atoms with Gasteiger partial charge in [0.05, 0.1) is 11.8 Å². The molecule has 2 bridgehead atoms. The van der Waals surface area contributed by atoms with Gasteiger partial charge in [-0.05, 0) is 37.3 Å². The first-order valence-corrected chi connectivity index (χ1v) is 9.75. The third kappa shape index (κ3) is 2.55. The Morgan fingerprint density at radius 3 is 2.59 bits per heavy atom. The minimum atomic E-state index is -0.423. The number of furan rings is 1. The molecule has 3 aliphatic rings. The number of amides is 3. The molecule has 2 aliphatic carbocycles. The molecule has 8 heteroatoms. The molecule has 2 aromatic rings. The van der Waals surface area contributed by atoms with Crippen LogP contribution < -0.4 is 5.32 Å². The van der Waals surface area contributed by atoms with E-state index in [4.69, 9.17) is 4.42 Å². The fraction of sp³-hybridized carbons (Fsp3) is 0.368. The van der Waals surface area contributed by atoms with Gasteiger partial charge in [-0.1, -0.05) is 12.2 Å². The van der Waals surface area contributed by atoms with Crippen molar-refractivity contribution in [3.05, 3.63) is 35.4 Å². The number of thiazole rings is 1. The zero-order chi connectivity index (χ0) is 18.7. The predicted octanol–water partition coefficient (Wildman–Crippen LogP) is 2.46. The quantitative estimate of drug-likeness (QED) is 0.647. The molecule has 2 aromatic heterocycles. The van der Waals surface area contributed by atoms with Gasteiger partial charge in [0.15, 0.2) is 10.9 Å². The average Bonchev–Trinajstić information content (AvgIpc) is 3.42. The number of allylic oxidation sites excluding steroid dienone is 2. The van der Waals surface area contributed by atoms with Crippen LogP contribution in [0.25, 0.3) is 11.5 Å². The number of hydrogen-bond acceptors (Lipinski definition) is 6. The van der Waals surface area contributed by atoms with E-state index in [1.165, 1.54) is 11.3 Å². The molecule has 0 radical (unpaired) electrons. The summed E-state index contributed by atoms with van der Waals surface area (Å²) in [5.74, 6) is 0.265. The fourth-order valence-corrected chi connectivity index (χ4v) is 5.15. The Balaban J connectivity index is 1.26. The number of carbonyl (C=O) groups is 3. The Kier molecular flexibility index (Phi) is 3.58. The van der Waals surface area contributed by atoms with Gasteiger partial charge in [-0.2, -0.15) is 0 Å². The van der Waals surface area contributed by atoms with Gasteiger partial charge < -0.3 is 9.73 Å². The summed E-state index contributed by atoms with van der Waals surface area (Å²) in [7, 11) is 0. The van der Waals surface area contributed by atoms with Crippen LogP contribution in [0.2, 0.25) is 0 Å². The van der Waals surface area contributed by atoms with Crippen LogP contribution in [0.4, 0.5) is 5.13 Å². The molecule has 1 saturated heterocycles. The number of carbonyl (C=O) groups excluding carboxylic acids is 3. The first kappa shape index (κ1) is 16.4. The Morgan fingerprint density at radius 2 is 1.96 bits per heavy atom. The summed E-state index contributed by atoms with van der Waals surface area (Å²) >= 11 is 1.27. The van der Waals surface area contributed by atoms with Gasteiger partial charge in [-0.25, -0.2) is 4.98 Å². The van der Waals surface area contributed by atoms with E-state index in [-0.39, 0.29) is 42.0 Å². The van der Waals surface area contributed by atoms with Crippen LogP contribution in [0.3, 0.4) is 0 Å². The number of imide groups is 1. The highest BCUT2D eigenvalue weighted by Crippen LogP contribution is 2.52. The van der Waals surface area contributed by atoms with Crippen molar-refractivity contribution in [3.8, 4) is 11.5 Å². The number of likely N-dealkylation sites (tertiary alicyclic amines) is 1. The molecule has 27 heavy (non-hydrogen) atoms. The van der Waals surface area contributed by atoms with Gasteiger partial charge in [0.2, 0.25) is 17.7 Å². The first-order valence-electron chi connectivity index (χ1n) is 8.87. The molecule has 0 aromatic carbocycles. The third-order valence-electron chi connectivity index (χ3n) is 5.61. The van der Waals surface area contributed by atoms with Crippen molar-refractivity contribution >= 4 is 34.2 Å². The summed E-state index contributed by atoms with van der Waals surface area (Å²) in [4.78, 5) is 43.1. The fourth-order valence-electron chi connectivity index (χ4n) is 4.44. The van der Waals surface area contributed by atoms with Gasteiger partial charge >= 0.3 is 0 Å². The summed E-state index contributed by atoms with van der Waals surface area (Å²) < 4.78 is 5.52. The van der Waals surface area contributed by atoms with Crippen LogP contribution in [-0.2, 0) is 14.4 Å². The second-order valence-electron chi connectivity index (χ2n) is 7.26. The SMILES string of the molecule is Cc1ccc(-c2csc(NC(=O)CN3C(=O)C4C5C=CC(C5)C4C3=O)n2)o1. The molecule has 138 valence electrons. The molecule has 1 saturated carbocycles. The smallest absolute Gasteiger partial charge is 0.246 e. The Morgan fingerprint density at radius 1 is 1.26 bits per heavy atom. The highest BCUT2D eigenvalue weighted by atomic mass is 32.1. The van der Waals surface area contributed by atoms with E-state index in [1.807, 2.05) is 31.2 Å². The van der Waals surface area contributed by atoms with Crippen LogP contribution in [0.15, 0.2) is 34.1 Å². The van der Waals surface area contributed by atoms with Crippen LogP contribution in [0.1, 0.15) is 12.2 Å². The highest BCUT2D eigenvalue weighted by molar-refractivity contribution is 7.14. The topological polar surface area (TPSA) is 92.5 Å². The van der Waals surface area contributed by atoms with E-state index in [2.05, 4.69) is 10.3 Å². The number of fused-ring (bicyclic) bond motifs is 5. The maximum absolute atomic E-state index is 12.6. The lowest BCUT2D eigenvalue weighted by Gasteiger charge is -2.16. The number of hydrogen-bond donors (Lipinski definition) is 1. The molecular formula is C19H17N3O4S. The van der Waals surface area contributed by atoms with E-state index in [0.717, 1.165) is 17.1 Å². The van der Waals surface area contributed by atoms with E-state index in [9.17, 15) is 14.4 Å². The van der Waals surface area contributed by atoms with Crippen LogP contribution in [0, 0.1) is 30.6 Å². The largest absolute Gasteiger partial charge is 0.460 e. The van der Waals surface area contributed by atoms with Crippen molar-refractivity contribution in [2.24, 2.45) is 23.7 Å². The summed E-state index contributed by atoms with van der Waals surface area (Å²) in [5.41, 5.74) is 0.633. The van der Waals surface area contributed by atoms with Crippen molar-refractivity contribution in [1.29, 1.82) is 0 Å². The number of nitrogens with one attached hydrogen (secondary N) is 1. The maximum Gasteiger partial charge on any atom is 0.246 e. The van der Waals surface area contributed by atoms with Crippen molar-refractivity contribution < 1.29 is 18.8 Å². The maximum atomic E-state index is 12.6. The summed E-state index contributed by atoms with van der Waals surface area (Å²) in [6.07, 6.45) is 4.95. The minimum Gasteiger partial charge on any atom is -0.460 e. The second-order valence-corrected chi connectivity index (χ2v) is 8.12. The van der Waals surface area contributed by atoms with E-state index in [1.54, 1.807) is 5.38 Å². The van der Waals surface area contributed by atoms with Crippen LogP contribution in [0.5, 0.6) is 0 Å². The van der Waals surface area contributed by atoms with Gasteiger partial charge in [-0.15, -0.1) is 11.3 Å². The molecule has 5 rings (SSSR count). The summed E-state index contributed by atoms with van der Waals surface area (Å²) in [5, 5.41) is 4.87. The van der Waals surface area contributed by atoms with E-state index >= 15 is 0 Å². The number of nitrogens with zero attached hydrogens (tertiary/aromatic N) is 2. The third-order valence-corrected chi connectivity index (χ3v) is 6.36. The van der Waals surface area contributed by atoms with Gasteiger partial charge in [0.25, 0.3) is 0 Å². The lowest BCUT2D eigenvalue weighted by Crippen LogP contribution is -2.39. The molecule has 2 fully saturated rings. The summed E-state index contributed by atoms with van der Waals surface area (Å²) in [6.45, 7) is 1.58. The number of anilines is 1. The van der Waals surface area contributed by atoms with E-state index < -0.39 is 5.91 Å². The zero-order valence-corrected chi connectivity index (χ0v) is 15.4. The van der Waals surface area contributed by atoms with Gasteiger partial charge in [0, 0.05) is 5.38 Å². The zero-order valence-electron chi connectivity index (χ0n) is 14.5. The van der Waals surface area contributed by atoms with Gasteiger partial charge in [0.1, 0.15) is 18.0 Å². The predicted molar refractivity (Wildman–Crippen MR) is 97.6 cm³/mol. The molecule has 3 amide bonds. The van der Waals surface area contributed by atoms with Crippen LogP contribution in [-0.4, -0.2) is 34.2 Å². The van der Waals surface area contributed by atoms with Crippen molar-refractivity contribution in [1.82, 2.24) is 9.88 Å². The standard InChI is InChI=1S/C19H17N3O4S/c1-9-2-5-13(26-9)12-8-27-19(20-12)21-14(23)7-22-17(24)15-10-3-4-11(6-10)16(15)18(22)25/h2-5,8,10-11,15-16H,6-7H2,1H3,(H,20,21,23). The molecule has 3 heterocycles. The van der Waals surface area contributed by atoms with Crippen molar-refractivity contribution in [3.63, 3.8) is 0 Å².